The molecular formula is C19H25N7O10S. The minimum absolute atomic E-state index is 0.0281. The predicted molar refractivity (Wildman–Crippen MR) is 130 cm³/mol. The van der Waals surface area contributed by atoms with E-state index in [0.717, 1.165) is 0 Å². The number of fused-ring (bicyclic) bond motifs is 1. The van der Waals surface area contributed by atoms with Gasteiger partial charge in [-0.15, -0.1) is 0 Å². The molecule has 37 heavy (non-hydrogen) atoms. The van der Waals surface area contributed by atoms with Crippen molar-refractivity contribution < 1.29 is 42.1 Å². The van der Waals surface area contributed by atoms with E-state index in [0.29, 0.717) is 30.3 Å². The summed E-state index contributed by atoms with van der Waals surface area (Å²) in [7, 11) is -4.67. The number of nitrogens with zero attached hydrogens (tertiary/aromatic N) is 1. The van der Waals surface area contributed by atoms with E-state index < -0.39 is 34.3 Å². The predicted octanol–water partition coefficient (Wildman–Crippen LogP) is -0.935. The van der Waals surface area contributed by atoms with Crippen LogP contribution in [0.1, 0.15) is 23.2 Å². The third-order valence-electron chi connectivity index (χ3n) is 4.75. The highest BCUT2D eigenvalue weighted by Crippen LogP contribution is 2.20. The van der Waals surface area contributed by atoms with Crippen LogP contribution in [0.5, 0.6) is 0 Å². The van der Waals surface area contributed by atoms with Gasteiger partial charge >= 0.3 is 22.3 Å². The number of nitrogens with one attached hydrogen (secondary N) is 5. The number of anilines is 4. The highest BCUT2D eigenvalue weighted by atomic mass is 32.3. The van der Waals surface area contributed by atoms with Crippen LogP contribution in [0, 0.1) is 0 Å². The third kappa shape index (κ3) is 9.99. The minimum atomic E-state index is -4.67. The van der Waals surface area contributed by atoms with E-state index in [1.807, 2.05) is 0 Å². The largest absolute Gasteiger partial charge is 0.481 e. The maximum absolute atomic E-state index is 12.3. The zero-order chi connectivity index (χ0) is 27.8. The van der Waals surface area contributed by atoms with Crippen molar-refractivity contribution in [3.8, 4) is 0 Å². The van der Waals surface area contributed by atoms with Crippen molar-refractivity contribution >= 4 is 51.4 Å². The van der Waals surface area contributed by atoms with Crippen molar-refractivity contribution in [3.63, 3.8) is 0 Å². The molecule has 1 aromatic carbocycles. The van der Waals surface area contributed by atoms with E-state index >= 15 is 0 Å². The molecule has 0 saturated carbocycles. The molecule has 1 aromatic heterocycles. The molecule has 1 aliphatic rings. The van der Waals surface area contributed by atoms with Crippen molar-refractivity contribution in [1.82, 2.24) is 15.3 Å². The fraction of sp³-hybridized carbons (Fsp3) is 0.316. The Morgan fingerprint density at radius 2 is 1.78 bits per heavy atom. The van der Waals surface area contributed by atoms with Crippen molar-refractivity contribution in [2.45, 2.75) is 24.9 Å². The van der Waals surface area contributed by atoms with Gasteiger partial charge in [0.25, 0.3) is 11.5 Å². The molecule has 18 heteroatoms. The second-order valence-corrected chi connectivity index (χ2v) is 8.50. The summed E-state index contributed by atoms with van der Waals surface area (Å²) < 4.78 is 31.6. The summed E-state index contributed by atoms with van der Waals surface area (Å²) >= 11 is 0. The molecule has 3 rings (SSSR count). The Balaban J connectivity index is 0.000000877. The Morgan fingerprint density at radius 1 is 1.16 bits per heavy atom. The normalized spacial score (nSPS) is 14.9. The number of hydrogen-bond acceptors (Lipinski definition) is 11. The number of aliphatic carboxylic acids is 2. The van der Waals surface area contributed by atoms with Crippen LogP contribution < -0.4 is 32.6 Å². The highest BCUT2D eigenvalue weighted by Gasteiger charge is 2.23. The van der Waals surface area contributed by atoms with Crippen molar-refractivity contribution in [2.75, 3.05) is 34.8 Å². The van der Waals surface area contributed by atoms with Crippen LogP contribution in [-0.4, -0.2) is 80.7 Å². The summed E-state index contributed by atoms with van der Waals surface area (Å²) in [6, 6.07) is 4.93. The summed E-state index contributed by atoms with van der Waals surface area (Å²) in [6.45, 7) is 0.960. The van der Waals surface area contributed by atoms with Gasteiger partial charge in [-0.25, -0.2) is 4.79 Å². The standard InChI is InChI=1S/C19H23N7O6.H2O4S/c20-19-25-15-14(17(30)26-19)23-11(8-22-15)7-21-10-3-1-9(2-4-10)16(29)24-12(18(31)32)5-6-13(27)28;1-5(2,3)4/h1-4,11-12,21,23H,5-8H2,(H,24,29)(H,27,28)(H,31,32)(H4,20,22,25,26,30);(H2,1,2,3,4)/t11-,12?;/m1./s1. The van der Waals surface area contributed by atoms with E-state index in [2.05, 4.69) is 31.2 Å². The van der Waals surface area contributed by atoms with E-state index in [1.54, 1.807) is 12.1 Å². The summed E-state index contributed by atoms with van der Waals surface area (Å²) in [5.41, 5.74) is 6.40. The monoisotopic (exact) mass is 543 g/mol. The van der Waals surface area contributed by atoms with Gasteiger partial charge in [-0.2, -0.15) is 13.4 Å². The minimum Gasteiger partial charge on any atom is -0.481 e. The first-order chi connectivity index (χ1) is 17.2. The Labute approximate surface area is 209 Å². The Morgan fingerprint density at radius 3 is 2.35 bits per heavy atom. The van der Waals surface area contributed by atoms with Crippen molar-refractivity contribution in [1.29, 1.82) is 0 Å². The number of amides is 1. The molecule has 2 aromatic rings. The highest BCUT2D eigenvalue weighted by molar-refractivity contribution is 7.79. The van der Waals surface area contributed by atoms with Gasteiger partial charge in [-0.3, -0.25) is 28.5 Å². The molecule has 0 spiro atoms. The smallest absolute Gasteiger partial charge is 0.394 e. The molecule has 0 saturated heterocycles. The van der Waals surface area contributed by atoms with Crippen LogP contribution >= 0.6 is 0 Å². The Kier molecular flexibility index (Phi) is 9.75. The quantitative estimate of drug-likeness (QED) is 0.171. The maximum Gasteiger partial charge on any atom is 0.394 e. The van der Waals surface area contributed by atoms with Crippen LogP contribution in [0.4, 0.5) is 23.1 Å². The number of H-pyrrole nitrogens is 1. The number of nitrogens with two attached hydrogens (primary N) is 1. The number of carboxylic acids is 2. The molecule has 2 heterocycles. The third-order valence-corrected chi connectivity index (χ3v) is 4.75. The van der Waals surface area contributed by atoms with Crippen LogP contribution in [0.25, 0.3) is 0 Å². The first kappa shape index (κ1) is 28.8. The number of carbonyl (C=O) groups excluding carboxylic acids is 1. The molecule has 11 N–H and O–H groups in total. The summed E-state index contributed by atoms with van der Waals surface area (Å²) in [4.78, 5) is 52.6. The lowest BCUT2D eigenvalue weighted by Gasteiger charge is -2.27. The van der Waals surface area contributed by atoms with Gasteiger partial charge in [0.15, 0.2) is 5.82 Å². The molecule has 0 fully saturated rings. The van der Waals surface area contributed by atoms with E-state index in [-0.39, 0.29) is 36.0 Å². The maximum atomic E-state index is 12.3. The number of carboxylic acid groups (broad SMARTS) is 2. The first-order valence-corrected chi connectivity index (χ1v) is 11.8. The summed E-state index contributed by atoms with van der Waals surface area (Å²) in [5.74, 6) is -2.64. The van der Waals surface area contributed by atoms with Gasteiger partial charge in [-0.05, 0) is 30.7 Å². The molecule has 1 unspecified atom stereocenters. The topological polar surface area (TPSA) is 286 Å². The van der Waals surface area contributed by atoms with Crippen LogP contribution in [0.3, 0.4) is 0 Å². The first-order valence-electron chi connectivity index (χ1n) is 10.4. The van der Waals surface area contributed by atoms with Gasteiger partial charge in [-0.1, -0.05) is 0 Å². The lowest BCUT2D eigenvalue weighted by molar-refractivity contribution is -0.140. The summed E-state index contributed by atoms with van der Waals surface area (Å²) in [5, 5.41) is 29.5. The lowest BCUT2D eigenvalue weighted by atomic mass is 10.1. The number of carbonyl (C=O) groups is 3. The number of benzene rings is 1. The lowest BCUT2D eigenvalue weighted by Crippen LogP contribution is -2.41. The van der Waals surface area contributed by atoms with Gasteiger partial charge < -0.3 is 37.2 Å². The molecule has 0 bridgehead atoms. The van der Waals surface area contributed by atoms with Gasteiger partial charge in [0.05, 0.1) is 6.04 Å². The molecule has 1 aliphatic heterocycles. The average molecular weight is 544 g/mol. The SMILES string of the molecule is Nc1nc2c(c(=O)[nH]1)N[C@H](CNc1ccc(C(=O)NC(CCC(=O)O)C(=O)O)cc1)CN2.O=S(=O)(O)O. The number of aromatic amines is 1. The summed E-state index contributed by atoms with van der Waals surface area (Å²) in [6.07, 6.45) is -0.587. The second kappa shape index (κ2) is 12.5. The van der Waals surface area contributed by atoms with Gasteiger partial charge in [0.2, 0.25) is 5.95 Å². The van der Waals surface area contributed by atoms with Gasteiger partial charge in [0.1, 0.15) is 11.7 Å². The molecular weight excluding hydrogens is 518 g/mol. The number of aromatic nitrogens is 2. The van der Waals surface area contributed by atoms with E-state index in [1.165, 1.54) is 12.1 Å². The van der Waals surface area contributed by atoms with Crippen LogP contribution in [-0.2, 0) is 20.0 Å². The average Bonchev–Trinajstić information content (AvgIpc) is 2.79. The fourth-order valence-corrected chi connectivity index (χ4v) is 3.10. The molecule has 0 radical (unpaired) electrons. The van der Waals surface area contributed by atoms with E-state index in [9.17, 15) is 19.2 Å². The fourth-order valence-electron chi connectivity index (χ4n) is 3.10. The molecule has 0 aliphatic carbocycles. The Hall–Kier alpha value is -4.42. The molecule has 1 amide bonds. The molecule has 17 nitrogen and oxygen atoms in total. The van der Waals surface area contributed by atoms with Crippen molar-refractivity contribution in [2.24, 2.45) is 0 Å². The molecule has 2 atom stereocenters. The van der Waals surface area contributed by atoms with Crippen molar-refractivity contribution in [3.05, 3.63) is 40.2 Å². The van der Waals surface area contributed by atoms with Gasteiger partial charge in [0, 0.05) is 30.8 Å². The van der Waals surface area contributed by atoms with Crippen LogP contribution in [0.2, 0.25) is 0 Å². The number of hydrogen-bond donors (Lipinski definition) is 10. The van der Waals surface area contributed by atoms with E-state index in [4.69, 9.17) is 33.5 Å². The Bertz CT molecular complexity index is 1290. The zero-order valence-corrected chi connectivity index (χ0v) is 19.8. The van der Waals surface area contributed by atoms with Crippen LogP contribution in [0.15, 0.2) is 29.1 Å². The zero-order valence-electron chi connectivity index (χ0n) is 19.0. The number of nitrogen functional groups attached to an aromatic ring is 1. The molecule has 202 valence electrons. The second-order valence-electron chi connectivity index (χ2n) is 7.60. The number of rotatable bonds is 9.